The third-order valence-corrected chi connectivity index (χ3v) is 8.79. The van der Waals surface area contributed by atoms with Crippen molar-refractivity contribution in [3.8, 4) is 0 Å². The number of carbonyl (C=O) groups is 2. The van der Waals surface area contributed by atoms with Crippen molar-refractivity contribution in [3.05, 3.63) is 94.5 Å². The zero-order valence-corrected chi connectivity index (χ0v) is 24.5. The van der Waals surface area contributed by atoms with Gasteiger partial charge in [-0.15, -0.1) is 0 Å². The summed E-state index contributed by atoms with van der Waals surface area (Å²) < 4.78 is 29.1. The maximum atomic E-state index is 14.1. The first-order valence-electron chi connectivity index (χ1n) is 13.3. The predicted molar refractivity (Wildman–Crippen MR) is 156 cm³/mol. The molecule has 1 atom stereocenters. The molecule has 0 saturated carbocycles. The topological polar surface area (TPSA) is 86.8 Å². The first-order chi connectivity index (χ1) is 18.5. The van der Waals surface area contributed by atoms with Crippen LogP contribution in [0.3, 0.4) is 0 Å². The minimum atomic E-state index is -4.09. The van der Waals surface area contributed by atoms with E-state index in [0.29, 0.717) is 18.7 Å². The average molecular weight is 550 g/mol. The van der Waals surface area contributed by atoms with Crippen molar-refractivity contribution in [2.45, 2.75) is 65.4 Å². The molecular formula is C31H39N3O4S. The lowest BCUT2D eigenvalue weighted by Gasteiger charge is -2.33. The number of hydrogen-bond donors (Lipinski definition) is 1. The van der Waals surface area contributed by atoms with Crippen molar-refractivity contribution in [1.29, 1.82) is 0 Å². The number of nitrogens with one attached hydrogen (secondary N) is 1. The van der Waals surface area contributed by atoms with E-state index in [2.05, 4.69) is 5.32 Å². The summed E-state index contributed by atoms with van der Waals surface area (Å²) in [5.41, 5.74) is 5.14. The largest absolute Gasteiger partial charge is 0.355 e. The van der Waals surface area contributed by atoms with Gasteiger partial charge in [0, 0.05) is 13.1 Å². The number of amides is 2. The van der Waals surface area contributed by atoms with E-state index >= 15 is 0 Å². The van der Waals surface area contributed by atoms with E-state index in [-0.39, 0.29) is 17.3 Å². The fourth-order valence-electron chi connectivity index (χ4n) is 4.43. The second-order valence-corrected chi connectivity index (χ2v) is 11.7. The average Bonchev–Trinajstić information content (AvgIpc) is 2.90. The van der Waals surface area contributed by atoms with Crippen LogP contribution in [0, 0.1) is 27.7 Å². The molecule has 208 valence electrons. The highest BCUT2D eigenvalue weighted by atomic mass is 32.2. The van der Waals surface area contributed by atoms with Crippen molar-refractivity contribution < 1.29 is 18.0 Å². The quantitative estimate of drug-likeness (QED) is 0.362. The van der Waals surface area contributed by atoms with Crippen LogP contribution in [0.5, 0.6) is 0 Å². The number of sulfonamides is 1. The molecule has 3 rings (SSSR count). The second kappa shape index (κ2) is 12.9. The minimum absolute atomic E-state index is 0.0975. The molecule has 0 radical (unpaired) electrons. The van der Waals surface area contributed by atoms with Gasteiger partial charge in [-0.3, -0.25) is 13.9 Å². The first-order valence-corrected chi connectivity index (χ1v) is 14.7. The van der Waals surface area contributed by atoms with Crippen molar-refractivity contribution in [1.82, 2.24) is 10.2 Å². The summed E-state index contributed by atoms with van der Waals surface area (Å²) >= 11 is 0. The molecule has 7 nitrogen and oxygen atoms in total. The molecule has 0 aromatic heterocycles. The van der Waals surface area contributed by atoms with E-state index < -0.39 is 28.5 Å². The van der Waals surface area contributed by atoms with E-state index in [9.17, 15) is 18.0 Å². The van der Waals surface area contributed by atoms with Crippen LogP contribution in [0.15, 0.2) is 71.6 Å². The molecular weight excluding hydrogens is 510 g/mol. The third kappa shape index (κ3) is 7.06. The molecule has 2 amide bonds. The molecule has 0 spiro atoms. The zero-order chi connectivity index (χ0) is 28.7. The highest BCUT2D eigenvalue weighted by Gasteiger charge is 2.33. The Kier molecular flexibility index (Phi) is 9.92. The monoisotopic (exact) mass is 549 g/mol. The number of likely N-dealkylation sites (N-methyl/N-ethyl adjacent to an activating group) is 1. The summed E-state index contributed by atoms with van der Waals surface area (Å²) in [6.45, 7) is 11.5. The van der Waals surface area contributed by atoms with Crippen molar-refractivity contribution in [2.24, 2.45) is 0 Å². The molecule has 0 aliphatic carbocycles. The molecule has 0 bridgehead atoms. The molecule has 0 fully saturated rings. The number of benzene rings is 3. The van der Waals surface area contributed by atoms with Crippen molar-refractivity contribution in [3.63, 3.8) is 0 Å². The third-order valence-electron chi connectivity index (χ3n) is 7.01. The maximum Gasteiger partial charge on any atom is 0.264 e. The van der Waals surface area contributed by atoms with Gasteiger partial charge < -0.3 is 10.2 Å². The summed E-state index contributed by atoms with van der Waals surface area (Å²) in [6.07, 6.45) is 0.387. The maximum absolute atomic E-state index is 14.1. The van der Waals surface area contributed by atoms with Crippen LogP contribution in [-0.4, -0.2) is 44.3 Å². The van der Waals surface area contributed by atoms with Crippen LogP contribution in [0.4, 0.5) is 5.69 Å². The molecule has 1 N–H and O–H groups in total. The van der Waals surface area contributed by atoms with E-state index in [1.165, 1.54) is 4.90 Å². The Bertz CT molecular complexity index is 1420. The molecule has 3 aromatic carbocycles. The van der Waals surface area contributed by atoms with E-state index in [0.717, 1.165) is 32.1 Å². The zero-order valence-electron chi connectivity index (χ0n) is 23.7. The Balaban J connectivity index is 2.10. The van der Waals surface area contributed by atoms with Crippen LogP contribution in [0.1, 0.15) is 48.1 Å². The van der Waals surface area contributed by atoms with Crippen LogP contribution in [-0.2, 0) is 26.2 Å². The summed E-state index contributed by atoms with van der Waals surface area (Å²) in [5.74, 6) is -0.716. The van der Waals surface area contributed by atoms with Gasteiger partial charge in [0.15, 0.2) is 0 Å². The number of nitrogens with zero attached hydrogens (tertiary/aromatic N) is 2. The van der Waals surface area contributed by atoms with Crippen LogP contribution in [0.25, 0.3) is 0 Å². The normalized spacial score (nSPS) is 12.1. The molecule has 0 aliphatic heterocycles. The van der Waals surface area contributed by atoms with Crippen LogP contribution < -0.4 is 9.62 Å². The van der Waals surface area contributed by atoms with Crippen molar-refractivity contribution >= 4 is 27.5 Å². The van der Waals surface area contributed by atoms with Gasteiger partial charge in [0.05, 0.1) is 10.6 Å². The van der Waals surface area contributed by atoms with E-state index in [1.54, 1.807) is 36.4 Å². The van der Waals surface area contributed by atoms with Gasteiger partial charge in [-0.05, 0) is 87.6 Å². The Labute approximate surface area is 232 Å². The first kappa shape index (κ1) is 29.9. The number of hydrogen-bond acceptors (Lipinski definition) is 4. The molecule has 0 aliphatic rings. The van der Waals surface area contributed by atoms with Crippen LogP contribution >= 0.6 is 0 Å². The standard InChI is InChI=1S/C31H39N3O4S/c1-7-29(31(36)32-8-2)33(20-26-12-10-9-11-24(26)5)30(35)21-34(27-16-15-23(4)25(6)19-27)39(37,38)28-17-13-22(3)14-18-28/h9-19,29H,7-8,20-21H2,1-6H3,(H,32,36)/t29-/m0/s1. The lowest BCUT2D eigenvalue weighted by Crippen LogP contribution is -2.52. The highest BCUT2D eigenvalue weighted by Crippen LogP contribution is 2.27. The number of anilines is 1. The molecule has 8 heteroatoms. The predicted octanol–water partition coefficient (Wildman–Crippen LogP) is 5.06. The Hall–Kier alpha value is -3.65. The van der Waals surface area contributed by atoms with Crippen molar-refractivity contribution in [2.75, 3.05) is 17.4 Å². The van der Waals surface area contributed by atoms with Gasteiger partial charge in [-0.1, -0.05) is 55.0 Å². The summed E-state index contributed by atoms with van der Waals surface area (Å²) in [5, 5.41) is 2.83. The van der Waals surface area contributed by atoms with E-state index in [1.807, 2.05) is 71.9 Å². The van der Waals surface area contributed by atoms with Gasteiger partial charge in [0.2, 0.25) is 11.8 Å². The Morgan fingerprint density at radius 1 is 0.846 bits per heavy atom. The highest BCUT2D eigenvalue weighted by molar-refractivity contribution is 7.92. The van der Waals surface area contributed by atoms with Crippen LogP contribution in [0.2, 0.25) is 0 Å². The smallest absolute Gasteiger partial charge is 0.264 e. The molecule has 0 unspecified atom stereocenters. The fourth-order valence-corrected chi connectivity index (χ4v) is 5.84. The summed E-state index contributed by atoms with van der Waals surface area (Å²) in [6, 6.07) is 18.9. The minimum Gasteiger partial charge on any atom is -0.355 e. The fraction of sp³-hybridized carbons (Fsp3) is 0.355. The number of aryl methyl sites for hydroxylation is 4. The van der Waals surface area contributed by atoms with Gasteiger partial charge >= 0.3 is 0 Å². The Morgan fingerprint density at radius 3 is 2.10 bits per heavy atom. The van der Waals surface area contributed by atoms with E-state index in [4.69, 9.17) is 0 Å². The summed E-state index contributed by atoms with van der Waals surface area (Å²) in [7, 11) is -4.09. The van der Waals surface area contributed by atoms with Gasteiger partial charge in [-0.2, -0.15) is 0 Å². The lowest BCUT2D eigenvalue weighted by molar-refractivity contribution is -0.140. The molecule has 0 saturated heterocycles. The number of carbonyl (C=O) groups excluding carboxylic acids is 2. The SMILES string of the molecule is CCNC(=O)[C@H](CC)N(Cc1ccccc1C)C(=O)CN(c1ccc(C)c(C)c1)S(=O)(=O)c1ccc(C)cc1. The van der Waals surface area contributed by atoms with Gasteiger partial charge in [-0.25, -0.2) is 8.42 Å². The second-order valence-electron chi connectivity index (χ2n) is 9.86. The Morgan fingerprint density at radius 2 is 1.51 bits per heavy atom. The van der Waals surface area contributed by atoms with Gasteiger partial charge in [0.25, 0.3) is 10.0 Å². The molecule has 39 heavy (non-hydrogen) atoms. The summed E-state index contributed by atoms with van der Waals surface area (Å²) in [4.78, 5) is 28.7. The lowest BCUT2D eigenvalue weighted by atomic mass is 10.1. The molecule has 0 heterocycles. The molecule has 3 aromatic rings. The van der Waals surface area contributed by atoms with Gasteiger partial charge in [0.1, 0.15) is 12.6 Å². The number of rotatable bonds is 11.